The predicted molar refractivity (Wildman–Crippen MR) is 40.1 cm³/mol. The SMILES string of the molecule is ClC(Cl)(Cl)CCCC[O][Zr]. The Balaban J connectivity index is 3.04. The number of hydrogen-bond donors (Lipinski definition) is 0. The Morgan fingerprint density at radius 2 is 1.80 bits per heavy atom. The van der Waals surface area contributed by atoms with E-state index in [1.807, 2.05) is 0 Å². The third-order valence-electron chi connectivity index (χ3n) is 0.957. The molecule has 0 aliphatic rings. The van der Waals surface area contributed by atoms with E-state index in [0.29, 0.717) is 6.42 Å². The van der Waals surface area contributed by atoms with E-state index < -0.39 is 3.79 Å². The van der Waals surface area contributed by atoms with E-state index in [4.69, 9.17) is 37.6 Å². The summed E-state index contributed by atoms with van der Waals surface area (Å²) in [5, 5.41) is 0. The first-order chi connectivity index (χ1) is 4.56. The van der Waals surface area contributed by atoms with Crippen molar-refractivity contribution in [2.45, 2.75) is 23.1 Å². The van der Waals surface area contributed by atoms with Crippen LogP contribution in [0.2, 0.25) is 0 Å². The Bertz CT molecular complexity index is 83.5. The van der Waals surface area contributed by atoms with Crippen molar-refractivity contribution < 1.29 is 28.0 Å². The fraction of sp³-hybridized carbons (Fsp3) is 1.00. The molecule has 0 atom stereocenters. The van der Waals surface area contributed by atoms with Crippen molar-refractivity contribution in [3.8, 4) is 0 Å². The number of rotatable bonds is 4. The second-order valence-electron chi connectivity index (χ2n) is 1.92. The van der Waals surface area contributed by atoms with E-state index in [1.165, 1.54) is 0 Å². The summed E-state index contributed by atoms with van der Waals surface area (Å²) in [5.41, 5.74) is 0. The average Bonchev–Trinajstić information content (AvgIpc) is 1.78. The molecule has 0 radical (unpaired) electrons. The van der Waals surface area contributed by atoms with Crippen LogP contribution in [-0.4, -0.2) is 10.4 Å². The molecule has 0 bridgehead atoms. The zero-order valence-corrected chi connectivity index (χ0v) is 10.1. The number of hydrogen-bond acceptors (Lipinski definition) is 1. The molecular formula is C5H8Cl3OZr. The Kier molecular flexibility index (Phi) is 7.32. The van der Waals surface area contributed by atoms with Crippen molar-refractivity contribution in [3.63, 3.8) is 0 Å². The normalized spacial score (nSPS) is 11.8. The predicted octanol–water partition coefficient (Wildman–Crippen LogP) is 3.01. The molecule has 5 heteroatoms. The molecule has 0 heterocycles. The maximum atomic E-state index is 5.51. The van der Waals surface area contributed by atoms with Gasteiger partial charge in [-0.1, -0.05) is 0 Å². The summed E-state index contributed by atoms with van der Waals surface area (Å²) in [6.45, 7) is 0.777. The summed E-state index contributed by atoms with van der Waals surface area (Å²) in [4.78, 5) is 0. The molecule has 0 fully saturated rings. The van der Waals surface area contributed by atoms with Crippen molar-refractivity contribution in [1.29, 1.82) is 0 Å². The number of alkyl halides is 3. The molecule has 0 aromatic rings. The van der Waals surface area contributed by atoms with Crippen LogP contribution in [0.1, 0.15) is 19.3 Å². The van der Waals surface area contributed by atoms with Crippen LogP contribution in [0.4, 0.5) is 0 Å². The third kappa shape index (κ3) is 9.71. The van der Waals surface area contributed by atoms with E-state index in [-0.39, 0.29) is 0 Å². The van der Waals surface area contributed by atoms with Crippen molar-refractivity contribution >= 4 is 34.8 Å². The summed E-state index contributed by atoms with van der Waals surface area (Å²) < 4.78 is 3.84. The Morgan fingerprint density at radius 1 is 1.20 bits per heavy atom. The average molecular weight is 282 g/mol. The minimum atomic E-state index is -1.08. The fourth-order valence-corrected chi connectivity index (χ4v) is 1.26. The maximum absolute atomic E-state index is 5.51. The van der Waals surface area contributed by atoms with Gasteiger partial charge >= 0.3 is 92.4 Å². The van der Waals surface area contributed by atoms with Crippen LogP contribution in [0.15, 0.2) is 0 Å². The van der Waals surface area contributed by atoms with E-state index in [1.54, 1.807) is 0 Å². The summed E-state index contributed by atoms with van der Waals surface area (Å²) in [6, 6.07) is 0. The second kappa shape index (κ2) is 6.25. The summed E-state index contributed by atoms with van der Waals surface area (Å²) in [7, 11) is 0. The monoisotopic (exact) mass is 279 g/mol. The van der Waals surface area contributed by atoms with Gasteiger partial charge in [-0.15, -0.1) is 0 Å². The molecule has 0 rings (SSSR count). The quantitative estimate of drug-likeness (QED) is 0.569. The van der Waals surface area contributed by atoms with Crippen molar-refractivity contribution in [3.05, 3.63) is 0 Å². The van der Waals surface area contributed by atoms with Crippen LogP contribution in [0.5, 0.6) is 0 Å². The van der Waals surface area contributed by atoms with Gasteiger partial charge in [0.25, 0.3) is 0 Å². The van der Waals surface area contributed by atoms with Gasteiger partial charge in [-0.25, -0.2) is 0 Å². The molecule has 0 saturated carbocycles. The molecule has 0 aromatic carbocycles. The minimum absolute atomic E-state index is 0.608. The molecule has 0 amide bonds. The molecule has 0 aliphatic heterocycles. The van der Waals surface area contributed by atoms with Gasteiger partial charge in [0.15, 0.2) is 0 Å². The summed E-state index contributed by atoms with van der Waals surface area (Å²) in [5.74, 6) is 0. The molecule has 0 aromatic heterocycles. The zero-order valence-electron chi connectivity index (χ0n) is 5.37. The van der Waals surface area contributed by atoms with Crippen molar-refractivity contribution in [2.24, 2.45) is 0 Å². The molecule has 59 valence electrons. The van der Waals surface area contributed by atoms with Crippen molar-refractivity contribution in [2.75, 3.05) is 6.61 Å². The van der Waals surface area contributed by atoms with Crippen LogP contribution in [0.25, 0.3) is 0 Å². The molecule has 1 nitrogen and oxygen atoms in total. The first-order valence-electron chi connectivity index (χ1n) is 2.91. The van der Waals surface area contributed by atoms with Crippen molar-refractivity contribution in [1.82, 2.24) is 0 Å². The second-order valence-corrected chi connectivity index (χ2v) is 5.15. The van der Waals surface area contributed by atoms with E-state index in [2.05, 4.69) is 0 Å². The molecular weight excluding hydrogens is 274 g/mol. The van der Waals surface area contributed by atoms with E-state index in [9.17, 15) is 0 Å². The number of halogens is 3. The first kappa shape index (κ1) is 11.7. The molecule has 0 N–H and O–H groups in total. The van der Waals surface area contributed by atoms with Crippen LogP contribution >= 0.6 is 34.8 Å². The molecule has 0 aliphatic carbocycles. The van der Waals surface area contributed by atoms with Crippen LogP contribution in [0, 0.1) is 0 Å². The fourth-order valence-electron chi connectivity index (χ4n) is 0.500. The van der Waals surface area contributed by atoms with E-state index in [0.717, 1.165) is 44.6 Å². The van der Waals surface area contributed by atoms with Gasteiger partial charge in [-0.05, 0) is 0 Å². The van der Waals surface area contributed by atoms with Crippen LogP contribution < -0.4 is 0 Å². The van der Waals surface area contributed by atoms with Gasteiger partial charge < -0.3 is 0 Å². The Hall–Kier alpha value is 1.71. The first-order valence-corrected chi connectivity index (χ1v) is 5.05. The summed E-state index contributed by atoms with van der Waals surface area (Å²) >= 11 is 17.6. The molecule has 0 spiro atoms. The molecule has 10 heavy (non-hydrogen) atoms. The van der Waals surface area contributed by atoms with Gasteiger partial charge in [-0.2, -0.15) is 0 Å². The van der Waals surface area contributed by atoms with Gasteiger partial charge in [-0.3, -0.25) is 0 Å². The molecule has 0 saturated heterocycles. The summed E-state index contributed by atoms with van der Waals surface area (Å²) in [6.07, 6.45) is 2.49. The Morgan fingerprint density at radius 3 is 2.20 bits per heavy atom. The zero-order chi connectivity index (χ0) is 8.04. The van der Waals surface area contributed by atoms with Gasteiger partial charge in [0.05, 0.1) is 0 Å². The van der Waals surface area contributed by atoms with Gasteiger partial charge in [0.2, 0.25) is 0 Å². The van der Waals surface area contributed by atoms with Crippen LogP contribution in [-0.2, 0) is 28.0 Å². The van der Waals surface area contributed by atoms with Crippen LogP contribution in [0.3, 0.4) is 0 Å². The van der Waals surface area contributed by atoms with E-state index >= 15 is 0 Å². The number of unbranched alkanes of at least 4 members (excludes halogenated alkanes) is 1. The molecule has 0 unspecified atom stereocenters. The Labute approximate surface area is 91.8 Å². The third-order valence-corrected chi connectivity index (χ3v) is 2.03. The van der Waals surface area contributed by atoms with Gasteiger partial charge in [0, 0.05) is 0 Å². The topological polar surface area (TPSA) is 9.23 Å². The van der Waals surface area contributed by atoms with Gasteiger partial charge in [0.1, 0.15) is 0 Å². The standard InChI is InChI=1S/C5H8Cl3O.Zr/c6-5(7,8)3-1-2-4-9;/h1-4H2;/q-1;+1.